The highest BCUT2D eigenvalue weighted by molar-refractivity contribution is 6.43. The Morgan fingerprint density at radius 2 is 1.89 bits per heavy atom. The number of alkyl halides is 2. The average molecular weight is 532 g/mol. The van der Waals surface area contributed by atoms with E-state index in [-0.39, 0.29) is 31.7 Å². The van der Waals surface area contributed by atoms with Crippen molar-refractivity contribution in [1.82, 2.24) is 15.1 Å². The number of hydrogen-bond donors (Lipinski definition) is 3. The average Bonchev–Trinajstić information content (AvgIpc) is 3.25. The Morgan fingerprint density at radius 3 is 2.50 bits per heavy atom. The lowest BCUT2D eigenvalue weighted by atomic mass is 9.76. The maximum absolute atomic E-state index is 13.7. The number of nitriles is 1. The number of carbonyl (C=O) groups is 2. The standard InChI is InChI=1S/C26H35BF2N4O5/c1-26(2,32-15-21(28)22(29)16-32)13-19(14-30)24(34)33-11-7-6-10-20(33)17-38-25(35)31-23(27(36)37)12-18-8-4-3-5-9-18/h3-5,8-9,13,20-23,36-37H,6-7,10-12,15-17H2,1-2H3,(H,31,35)/t20?,21-,22+,23-/m0/s1. The van der Waals surface area contributed by atoms with Gasteiger partial charge in [0.15, 0.2) is 0 Å². The zero-order chi connectivity index (χ0) is 27.9. The Morgan fingerprint density at radius 1 is 1.24 bits per heavy atom. The highest BCUT2D eigenvalue weighted by Gasteiger charge is 2.40. The topological polar surface area (TPSA) is 126 Å². The first-order valence-corrected chi connectivity index (χ1v) is 12.8. The van der Waals surface area contributed by atoms with Crippen molar-refractivity contribution in [1.29, 1.82) is 5.26 Å². The minimum atomic E-state index is -1.81. The van der Waals surface area contributed by atoms with Crippen LogP contribution in [0, 0.1) is 11.3 Å². The number of piperidine rings is 1. The fourth-order valence-electron chi connectivity index (χ4n) is 4.84. The predicted molar refractivity (Wildman–Crippen MR) is 137 cm³/mol. The van der Waals surface area contributed by atoms with E-state index >= 15 is 0 Å². The maximum Gasteiger partial charge on any atom is 0.475 e. The van der Waals surface area contributed by atoms with E-state index in [1.165, 1.54) is 11.0 Å². The molecule has 3 N–H and O–H groups in total. The van der Waals surface area contributed by atoms with Crippen LogP contribution in [0.15, 0.2) is 42.0 Å². The van der Waals surface area contributed by atoms with Crippen molar-refractivity contribution in [2.24, 2.45) is 0 Å². The largest absolute Gasteiger partial charge is 0.475 e. The van der Waals surface area contributed by atoms with Gasteiger partial charge in [0.05, 0.1) is 12.0 Å². The van der Waals surface area contributed by atoms with Crippen LogP contribution >= 0.6 is 0 Å². The van der Waals surface area contributed by atoms with Gasteiger partial charge < -0.3 is 25.0 Å². The summed E-state index contributed by atoms with van der Waals surface area (Å²) in [6.07, 6.45) is -0.401. The Hall–Kier alpha value is -3.01. The molecule has 0 aromatic heterocycles. The Labute approximate surface area is 222 Å². The molecule has 1 aromatic carbocycles. The van der Waals surface area contributed by atoms with Gasteiger partial charge in [-0.05, 0) is 51.2 Å². The Kier molecular flexibility index (Phi) is 10.2. The van der Waals surface area contributed by atoms with Crippen LogP contribution in [0.2, 0.25) is 0 Å². The fraction of sp³-hybridized carbons (Fsp3) is 0.577. The molecule has 1 aromatic rings. The van der Waals surface area contributed by atoms with Crippen LogP contribution in [-0.2, 0) is 16.0 Å². The van der Waals surface area contributed by atoms with E-state index in [1.807, 2.05) is 12.1 Å². The number of nitrogens with zero attached hydrogens (tertiary/aromatic N) is 3. The molecule has 12 heteroatoms. The first-order chi connectivity index (χ1) is 18.0. The second-order valence-corrected chi connectivity index (χ2v) is 10.4. The van der Waals surface area contributed by atoms with Crippen molar-refractivity contribution in [2.75, 3.05) is 26.2 Å². The van der Waals surface area contributed by atoms with Gasteiger partial charge in [0.1, 0.15) is 30.6 Å². The van der Waals surface area contributed by atoms with Crippen LogP contribution in [0.4, 0.5) is 13.6 Å². The van der Waals surface area contributed by atoms with Crippen molar-refractivity contribution in [3.05, 3.63) is 47.5 Å². The van der Waals surface area contributed by atoms with E-state index in [1.54, 1.807) is 43.0 Å². The summed E-state index contributed by atoms with van der Waals surface area (Å²) in [4.78, 5) is 28.8. The SMILES string of the molecule is CC(C)(C=C(C#N)C(=O)N1CCCCC1COC(=O)N[C@@H](Cc1ccccc1)B(O)O)N1C[C@@H](F)[C@@H](F)C1. The van der Waals surface area contributed by atoms with Crippen LogP contribution in [0.5, 0.6) is 0 Å². The van der Waals surface area contributed by atoms with Crippen molar-refractivity contribution in [3.8, 4) is 6.07 Å². The molecule has 206 valence electrons. The number of benzene rings is 1. The van der Waals surface area contributed by atoms with Gasteiger partial charge in [0.2, 0.25) is 0 Å². The molecular formula is C26H35BF2N4O5. The molecule has 2 saturated heterocycles. The monoisotopic (exact) mass is 532 g/mol. The van der Waals surface area contributed by atoms with Crippen molar-refractivity contribution < 1.29 is 33.2 Å². The summed E-state index contributed by atoms with van der Waals surface area (Å²) in [6.45, 7) is 3.37. The van der Waals surface area contributed by atoms with Gasteiger partial charge >= 0.3 is 13.2 Å². The van der Waals surface area contributed by atoms with E-state index < -0.39 is 49.0 Å². The normalized spacial score (nSPS) is 23.4. The number of nitrogens with one attached hydrogen (secondary N) is 1. The number of rotatable bonds is 9. The van der Waals surface area contributed by atoms with Crippen LogP contribution in [0.25, 0.3) is 0 Å². The first kappa shape index (κ1) is 29.5. The lowest BCUT2D eigenvalue weighted by Crippen LogP contribution is -2.50. The molecular weight excluding hydrogens is 497 g/mol. The van der Waals surface area contributed by atoms with Crippen LogP contribution < -0.4 is 5.32 Å². The third-order valence-corrected chi connectivity index (χ3v) is 7.10. The molecule has 2 heterocycles. The molecule has 38 heavy (non-hydrogen) atoms. The Balaban J connectivity index is 1.63. The quantitative estimate of drug-likeness (QED) is 0.252. The smallest absolute Gasteiger partial charge is 0.447 e. The summed E-state index contributed by atoms with van der Waals surface area (Å²) in [5.74, 6) is -1.53. The number of halogens is 2. The summed E-state index contributed by atoms with van der Waals surface area (Å²) in [5.41, 5.74) is -0.269. The number of hydrogen-bond acceptors (Lipinski definition) is 7. The van der Waals surface area contributed by atoms with Gasteiger partial charge in [-0.3, -0.25) is 9.69 Å². The molecule has 0 spiro atoms. The van der Waals surface area contributed by atoms with Gasteiger partial charge in [0.25, 0.3) is 5.91 Å². The summed E-state index contributed by atoms with van der Waals surface area (Å²) < 4.78 is 32.8. The van der Waals surface area contributed by atoms with Gasteiger partial charge in [-0.25, -0.2) is 13.6 Å². The van der Waals surface area contributed by atoms with Crippen molar-refractivity contribution in [2.45, 2.75) is 69.4 Å². The first-order valence-electron chi connectivity index (χ1n) is 12.8. The van der Waals surface area contributed by atoms with Crippen LogP contribution in [0.3, 0.4) is 0 Å². The third kappa shape index (κ3) is 7.76. The molecule has 2 amide bonds. The van der Waals surface area contributed by atoms with E-state index in [0.29, 0.717) is 19.4 Å². The van der Waals surface area contributed by atoms with E-state index in [2.05, 4.69) is 5.32 Å². The highest BCUT2D eigenvalue weighted by atomic mass is 19.2. The zero-order valence-electron chi connectivity index (χ0n) is 21.7. The number of alkyl carbamates (subject to hydrolysis) is 1. The van der Waals surface area contributed by atoms with Gasteiger partial charge in [-0.1, -0.05) is 30.3 Å². The van der Waals surface area contributed by atoms with E-state index in [9.17, 15) is 33.7 Å². The summed E-state index contributed by atoms with van der Waals surface area (Å²) in [7, 11) is -1.81. The zero-order valence-corrected chi connectivity index (χ0v) is 21.7. The minimum Gasteiger partial charge on any atom is -0.447 e. The number of carbonyl (C=O) groups excluding carboxylic acids is 2. The van der Waals surface area contributed by atoms with Gasteiger partial charge in [-0.15, -0.1) is 0 Å². The minimum absolute atomic E-state index is 0.124. The summed E-state index contributed by atoms with van der Waals surface area (Å²) in [5, 5.41) is 31.6. The summed E-state index contributed by atoms with van der Waals surface area (Å²) >= 11 is 0. The summed E-state index contributed by atoms with van der Waals surface area (Å²) in [6, 6.07) is 10.5. The van der Waals surface area contributed by atoms with Gasteiger partial charge in [-0.2, -0.15) is 5.26 Å². The fourth-order valence-corrected chi connectivity index (χ4v) is 4.84. The molecule has 0 bridgehead atoms. The number of likely N-dealkylation sites (tertiary alicyclic amines) is 2. The number of amides is 2. The molecule has 3 rings (SSSR count). The molecule has 0 aliphatic carbocycles. The number of ether oxygens (including phenoxy) is 1. The Bertz CT molecular complexity index is 1030. The molecule has 0 radical (unpaired) electrons. The van der Waals surface area contributed by atoms with Crippen molar-refractivity contribution in [3.63, 3.8) is 0 Å². The molecule has 1 unspecified atom stereocenters. The molecule has 4 atom stereocenters. The van der Waals surface area contributed by atoms with E-state index in [4.69, 9.17) is 4.74 Å². The van der Waals surface area contributed by atoms with E-state index in [0.717, 1.165) is 12.0 Å². The molecule has 2 aliphatic heterocycles. The second-order valence-electron chi connectivity index (χ2n) is 10.4. The van der Waals surface area contributed by atoms with Gasteiger partial charge in [0, 0.05) is 25.2 Å². The lowest BCUT2D eigenvalue weighted by Gasteiger charge is -2.36. The lowest BCUT2D eigenvalue weighted by molar-refractivity contribution is -0.131. The van der Waals surface area contributed by atoms with Crippen LogP contribution in [0.1, 0.15) is 38.7 Å². The third-order valence-electron chi connectivity index (χ3n) is 7.10. The molecule has 9 nitrogen and oxygen atoms in total. The molecule has 2 fully saturated rings. The van der Waals surface area contributed by atoms with Crippen molar-refractivity contribution >= 4 is 19.1 Å². The maximum atomic E-state index is 13.7. The molecule has 2 aliphatic rings. The molecule has 0 saturated carbocycles. The second kappa shape index (κ2) is 13.2. The highest BCUT2D eigenvalue weighted by Crippen LogP contribution is 2.28. The predicted octanol–water partition coefficient (Wildman–Crippen LogP) is 1.94. The van der Waals surface area contributed by atoms with Crippen LogP contribution in [-0.4, -0.2) is 95.1 Å².